The number of pyridine rings is 1. The molecule has 5 heteroatoms. The third-order valence-electron chi connectivity index (χ3n) is 3.27. The molecule has 1 aliphatic heterocycles. The molecule has 0 aromatic carbocycles. The lowest BCUT2D eigenvalue weighted by Gasteiger charge is -2.22. The van der Waals surface area contributed by atoms with Crippen molar-refractivity contribution in [1.82, 2.24) is 4.98 Å². The Kier molecular flexibility index (Phi) is 5.49. The molecule has 1 amide bonds. The maximum atomic E-state index is 12.2. The van der Waals surface area contributed by atoms with Gasteiger partial charge in [0.15, 0.2) is 0 Å². The number of aromatic nitrogens is 1. The molecule has 0 radical (unpaired) electrons. The molecule has 5 nitrogen and oxygen atoms in total. The molecular formula is C15H22N2O3. The molecule has 2 atom stereocenters. The molecule has 1 aromatic heterocycles. The van der Waals surface area contributed by atoms with Gasteiger partial charge in [-0.15, -0.1) is 0 Å². The third-order valence-corrected chi connectivity index (χ3v) is 3.27. The second-order valence-corrected chi connectivity index (χ2v) is 5.34. The smallest absolute Gasteiger partial charge is 0.254 e. The van der Waals surface area contributed by atoms with Crippen LogP contribution in [0.3, 0.4) is 0 Å². The molecule has 0 bridgehead atoms. The molecule has 1 saturated heterocycles. The predicted octanol–water partition coefficient (Wildman–Crippen LogP) is 2.24. The number of hydrogen-bond donors (Lipinski definition) is 1. The van der Waals surface area contributed by atoms with Gasteiger partial charge in [0, 0.05) is 12.8 Å². The van der Waals surface area contributed by atoms with E-state index in [1.54, 1.807) is 12.3 Å². The molecule has 1 fully saturated rings. The van der Waals surface area contributed by atoms with Crippen LogP contribution in [-0.4, -0.2) is 36.3 Å². The lowest BCUT2D eigenvalue weighted by Crippen LogP contribution is -2.37. The zero-order valence-electron chi connectivity index (χ0n) is 12.0. The first-order valence-corrected chi connectivity index (χ1v) is 7.12. The zero-order valence-corrected chi connectivity index (χ0v) is 12.0. The summed E-state index contributed by atoms with van der Waals surface area (Å²) >= 11 is 0. The lowest BCUT2D eigenvalue weighted by molar-refractivity contribution is -0.132. The molecule has 1 N–H and O–H groups in total. The van der Waals surface area contributed by atoms with E-state index in [0.29, 0.717) is 12.4 Å². The van der Waals surface area contributed by atoms with Gasteiger partial charge < -0.3 is 14.8 Å². The number of rotatable bonds is 6. The molecule has 0 saturated carbocycles. The van der Waals surface area contributed by atoms with E-state index in [9.17, 15) is 4.79 Å². The van der Waals surface area contributed by atoms with Crippen molar-refractivity contribution in [3.63, 3.8) is 0 Å². The molecule has 0 unspecified atom stereocenters. The number of nitrogens with zero attached hydrogens (tertiary/aromatic N) is 1. The van der Waals surface area contributed by atoms with Crippen molar-refractivity contribution in [2.75, 3.05) is 18.5 Å². The second-order valence-electron chi connectivity index (χ2n) is 5.34. The Labute approximate surface area is 119 Å². The first-order valence-electron chi connectivity index (χ1n) is 7.12. The quantitative estimate of drug-likeness (QED) is 0.867. The molecule has 0 spiro atoms. The van der Waals surface area contributed by atoms with Crippen LogP contribution in [0.15, 0.2) is 24.4 Å². The number of ether oxygens (including phenoxy) is 2. The van der Waals surface area contributed by atoms with Gasteiger partial charge in [-0.05, 0) is 30.9 Å². The Morgan fingerprint density at radius 3 is 3.00 bits per heavy atom. The van der Waals surface area contributed by atoms with Gasteiger partial charge in [-0.25, -0.2) is 4.98 Å². The van der Waals surface area contributed by atoms with Crippen LogP contribution in [0.2, 0.25) is 0 Å². The maximum absolute atomic E-state index is 12.2. The Morgan fingerprint density at radius 2 is 2.40 bits per heavy atom. The van der Waals surface area contributed by atoms with Gasteiger partial charge in [-0.2, -0.15) is 0 Å². The molecule has 1 aromatic rings. The van der Waals surface area contributed by atoms with Crippen LogP contribution in [0, 0.1) is 5.92 Å². The van der Waals surface area contributed by atoms with Crippen molar-refractivity contribution in [2.45, 2.75) is 38.9 Å². The van der Waals surface area contributed by atoms with E-state index in [1.807, 2.05) is 26.0 Å². The average molecular weight is 278 g/mol. The van der Waals surface area contributed by atoms with Crippen LogP contribution in [-0.2, 0) is 14.3 Å². The van der Waals surface area contributed by atoms with Crippen LogP contribution in [0.25, 0.3) is 0 Å². The van der Waals surface area contributed by atoms with E-state index < -0.39 is 6.10 Å². The summed E-state index contributed by atoms with van der Waals surface area (Å²) < 4.78 is 11.3. The summed E-state index contributed by atoms with van der Waals surface area (Å²) in [5, 5.41) is 2.78. The summed E-state index contributed by atoms with van der Waals surface area (Å²) in [7, 11) is 0. The van der Waals surface area contributed by atoms with E-state index in [-0.39, 0.29) is 17.9 Å². The van der Waals surface area contributed by atoms with Gasteiger partial charge in [0.1, 0.15) is 11.9 Å². The summed E-state index contributed by atoms with van der Waals surface area (Å²) in [5.74, 6) is 0.487. The first kappa shape index (κ1) is 14.9. The summed E-state index contributed by atoms with van der Waals surface area (Å²) in [6.07, 6.45) is 3.36. The Hall–Kier alpha value is -1.46. The van der Waals surface area contributed by atoms with E-state index >= 15 is 0 Å². The molecule has 110 valence electrons. The minimum Gasteiger partial charge on any atom is -0.376 e. The van der Waals surface area contributed by atoms with Gasteiger partial charge in [0.2, 0.25) is 0 Å². The van der Waals surface area contributed by atoms with Crippen LogP contribution in [0.5, 0.6) is 0 Å². The fraction of sp³-hybridized carbons (Fsp3) is 0.600. The average Bonchev–Trinajstić information content (AvgIpc) is 2.93. The topological polar surface area (TPSA) is 60.5 Å². The molecule has 0 aliphatic carbocycles. The summed E-state index contributed by atoms with van der Waals surface area (Å²) in [6, 6.07) is 5.40. The highest BCUT2D eigenvalue weighted by molar-refractivity contribution is 5.93. The lowest BCUT2D eigenvalue weighted by atomic mass is 10.1. The monoisotopic (exact) mass is 278 g/mol. The fourth-order valence-corrected chi connectivity index (χ4v) is 2.19. The first-order chi connectivity index (χ1) is 9.66. The van der Waals surface area contributed by atoms with Crippen molar-refractivity contribution < 1.29 is 14.3 Å². The molecule has 2 heterocycles. The standard InChI is InChI=1S/C15H22N2O3/c1-11(2)14(20-10-12-6-5-9-19-12)15(18)17-13-7-3-4-8-16-13/h3-4,7-8,11-12,14H,5-6,9-10H2,1-2H3,(H,16,17,18)/t12-,14-/m0/s1. The number of carbonyl (C=O) groups is 1. The van der Waals surface area contributed by atoms with Gasteiger partial charge in [0.05, 0.1) is 12.7 Å². The summed E-state index contributed by atoms with van der Waals surface area (Å²) in [6.45, 7) is 5.20. The molecular weight excluding hydrogens is 256 g/mol. The molecule has 2 rings (SSSR count). The van der Waals surface area contributed by atoms with E-state index in [4.69, 9.17) is 9.47 Å². The highest BCUT2D eigenvalue weighted by Gasteiger charge is 2.26. The Balaban J connectivity index is 1.88. The SMILES string of the molecule is CC(C)[C@H](OC[C@@H]1CCCO1)C(=O)Nc1ccccn1. The van der Waals surface area contributed by atoms with Crippen molar-refractivity contribution in [1.29, 1.82) is 0 Å². The van der Waals surface area contributed by atoms with E-state index in [1.165, 1.54) is 0 Å². The largest absolute Gasteiger partial charge is 0.376 e. The molecule has 1 aliphatic rings. The van der Waals surface area contributed by atoms with Gasteiger partial charge in [0.25, 0.3) is 5.91 Å². The van der Waals surface area contributed by atoms with Crippen molar-refractivity contribution in [3.8, 4) is 0 Å². The van der Waals surface area contributed by atoms with Crippen LogP contribution in [0.4, 0.5) is 5.82 Å². The van der Waals surface area contributed by atoms with Crippen molar-refractivity contribution in [3.05, 3.63) is 24.4 Å². The maximum Gasteiger partial charge on any atom is 0.254 e. The number of amides is 1. The van der Waals surface area contributed by atoms with Gasteiger partial charge >= 0.3 is 0 Å². The zero-order chi connectivity index (χ0) is 14.4. The van der Waals surface area contributed by atoms with Crippen LogP contribution in [0.1, 0.15) is 26.7 Å². The third kappa shape index (κ3) is 4.28. The van der Waals surface area contributed by atoms with E-state index in [2.05, 4.69) is 10.3 Å². The highest BCUT2D eigenvalue weighted by Crippen LogP contribution is 2.16. The number of carbonyl (C=O) groups excluding carboxylic acids is 1. The van der Waals surface area contributed by atoms with Crippen LogP contribution >= 0.6 is 0 Å². The summed E-state index contributed by atoms with van der Waals surface area (Å²) in [4.78, 5) is 16.3. The normalized spacial score (nSPS) is 20.1. The molecule has 20 heavy (non-hydrogen) atoms. The van der Waals surface area contributed by atoms with E-state index in [0.717, 1.165) is 19.4 Å². The minimum atomic E-state index is -0.485. The van der Waals surface area contributed by atoms with Crippen LogP contribution < -0.4 is 5.32 Å². The Morgan fingerprint density at radius 1 is 1.55 bits per heavy atom. The Bertz CT molecular complexity index is 416. The minimum absolute atomic E-state index is 0.0973. The highest BCUT2D eigenvalue weighted by atomic mass is 16.5. The second kappa shape index (κ2) is 7.36. The van der Waals surface area contributed by atoms with Gasteiger partial charge in [-0.1, -0.05) is 19.9 Å². The number of hydrogen-bond acceptors (Lipinski definition) is 4. The number of nitrogens with one attached hydrogen (secondary N) is 1. The fourth-order valence-electron chi connectivity index (χ4n) is 2.19. The predicted molar refractivity (Wildman–Crippen MR) is 76.4 cm³/mol. The van der Waals surface area contributed by atoms with Crippen molar-refractivity contribution in [2.24, 2.45) is 5.92 Å². The van der Waals surface area contributed by atoms with Crippen molar-refractivity contribution >= 4 is 11.7 Å². The number of anilines is 1. The summed E-state index contributed by atoms with van der Waals surface area (Å²) in [5.41, 5.74) is 0. The van der Waals surface area contributed by atoms with Gasteiger partial charge in [-0.3, -0.25) is 4.79 Å².